The number of para-hydroxylation sites is 1. The van der Waals surface area contributed by atoms with Crippen molar-refractivity contribution in [3.63, 3.8) is 0 Å². The second-order valence-electron chi connectivity index (χ2n) is 5.90. The van der Waals surface area contributed by atoms with E-state index in [1.165, 1.54) is 0 Å². The van der Waals surface area contributed by atoms with Gasteiger partial charge in [0.05, 0.1) is 18.0 Å². The van der Waals surface area contributed by atoms with Crippen molar-refractivity contribution in [1.29, 1.82) is 0 Å². The fourth-order valence-electron chi connectivity index (χ4n) is 2.61. The van der Waals surface area contributed by atoms with Gasteiger partial charge in [-0.15, -0.1) is 0 Å². The van der Waals surface area contributed by atoms with Crippen LogP contribution in [0.4, 0.5) is 5.69 Å². The molecule has 0 spiro atoms. The van der Waals surface area contributed by atoms with Gasteiger partial charge in [-0.2, -0.15) is 0 Å². The third kappa shape index (κ3) is 4.52. The number of likely N-dealkylation sites (N-methyl/N-ethyl adjacent to an activating group) is 1. The second-order valence-corrected chi connectivity index (χ2v) is 6.81. The number of carbonyl (C=O) groups excluding carboxylic acids is 1. The number of halogens is 1. The minimum Gasteiger partial charge on any atom is -0.323 e. The highest BCUT2D eigenvalue weighted by molar-refractivity contribution is 9.10. The van der Waals surface area contributed by atoms with Crippen molar-refractivity contribution >= 4 is 38.4 Å². The average Bonchev–Trinajstić information content (AvgIpc) is 2.54. The number of hydrogen-bond donors (Lipinski definition) is 3. The Morgan fingerprint density at radius 1 is 1.24 bits per heavy atom. The zero-order chi connectivity index (χ0) is 17.8. The fourth-order valence-corrected chi connectivity index (χ4v) is 3.01. The molecule has 7 heteroatoms. The summed E-state index contributed by atoms with van der Waals surface area (Å²) in [5.41, 5.74) is 1.24. The molecular weight excluding hydrogens is 384 g/mol. The van der Waals surface area contributed by atoms with Crippen LogP contribution in [-0.2, 0) is 11.3 Å². The van der Waals surface area contributed by atoms with Crippen LogP contribution in [0.3, 0.4) is 0 Å². The van der Waals surface area contributed by atoms with Crippen LogP contribution in [0.2, 0.25) is 0 Å². The molecule has 1 aromatic heterocycles. The number of carbonyl (C=O) groups is 1. The third-order valence-electron chi connectivity index (χ3n) is 3.70. The molecular formula is C18H18BrN4O2+. The number of benzene rings is 2. The first-order chi connectivity index (χ1) is 12.0. The molecule has 6 nitrogen and oxygen atoms in total. The maximum absolute atomic E-state index is 12.2. The Kier molecular flexibility index (Phi) is 5.25. The van der Waals surface area contributed by atoms with E-state index in [1.807, 2.05) is 49.5 Å². The predicted octanol–water partition coefficient (Wildman–Crippen LogP) is 1.34. The number of nitrogens with zero attached hydrogens (tertiary/aromatic N) is 1. The zero-order valence-electron chi connectivity index (χ0n) is 13.7. The molecule has 0 saturated heterocycles. The molecule has 3 rings (SSSR count). The van der Waals surface area contributed by atoms with E-state index in [9.17, 15) is 9.59 Å². The number of amides is 1. The lowest BCUT2D eigenvalue weighted by Crippen LogP contribution is -3.08. The summed E-state index contributed by atoms with van der Waals surface area (Å²) in [5.74, 6) is 0.468. The molecule has 0 radical (unpaired) electrons. The molecule has 0 bridgehead atoms. The molecule has 3 aromatic rings. The number of nitrogens with one attached hydrogen (secondary N) is 3. The van der Waals surface area contributed by atoms with Crippen LogP contribution in [0.15, 0.2) is 57.8 Å². The number of hydrogen-bond acceptors (Lipinski definition) is 3. The number of aromatic nitrogens is 2. The molecule has 2 aromatic carbocycles. The first-order valence-electron chi connectivity index (χ1n) is 7.86. The molecule has 1 atom stereocenters. The summed E-state index contributed by atoms with van der Waals surface area (Å²) in [6.07, 6.45) is 0. The lowest BCUT2D eigenvalue weighted by atomic mass is 10.2. The summed E-state index contributed by atoms with van der Waals surface area (Å²) >= 11 is 3.38. The van der Waals surface area contributed by atoms with Gasteiger partial charge in [0.1, 0.15) is 6.54 Å². The minimum atomic E-state index is -0.160. The largest absolute Gasteiger partial charge is 0.323 e. The zero-order valence-corrected chi connectivity index (χ0v) is 15.3. The first-order valence-corrected chi connectivity index (χ1v) is 8.65. The van der Waals surface area contributed by atoms with Gasteiger partial charge in [0.25, 0.3) is 11.5 Å². The van der Waals surface area contributed by atoms with Crippen LogP contribution in [0.1, 0.15) is 5.82 Å². The van der Waals surface area contributed by atoms with Gasteiger partial charge in [0, 0.05) is 10.2 Å². The minimum absolute atomic E-state index is 0.0984. The van der Waals surface area contributed by atoms with E-state index in [0.29, 0.717) is 23.3 Å². The van der Waals surface area contributed by atoms with Gasteiger partial charge in [-0.05, 0) is 30.3 Å². The highest BCUT2D eigenvalue weighted by Gasteiger charge is 2.13. The summed E-state index contributed by atoms with van der Waals surface area (Å²) in [6.45, 7) is 0.717. The van der Waals surface area contributed by atoms with Gasteiger partial charge >= 0.3 is 0 Å². The van der Waals surface area contributed by atoms with Crippen LogP contribution in [0.25, 0.3) is 10.9 Å². The molecule has 0 saturated carbocycles. The van der Waals surface area contributed by atoms with E-state index >= 15 is 0 Å². The predicted molar refractivity (Wildman–Crippen MR) is 101 cm³/mol. The Morgan fingerprint density at radius 2 is 2.04 bits per heavy atom. The molecule has 0 fully saturated rings. The molecule has 1 heterocycles. The summed E-state index contributed by atoms with van der Waals surface area (Å²) in [7, 11) is 1.88. The Balaban J connectivity index is 1.65. The van der Waals surface area contributed by atoms with E-state index in [2.05, 4.69) is 31.2 Å². The summed E-state index contributed by atoms with van der Waals surface area (Å²) < 4.78 is 0.906. The smallest absolute Gasteiger partial charge is 0.279 e. The molecule has 1 unspecified atom stereocenters. The molecule has 0 aliphatic rings. The number of H-pyrrole nitrogens is 1. The normalized spacial score (nSPS) is 12.1. The topological polar surface area (TPSA) is 79.3 Å². The van der Waals surface area contributed by atoms with Crippen molar-refractivity contribution < 1.29 is 9.69 Å². The number of rotatable bonds is 5. The van der Waals surface area contributed by atoms with Gasteiger partial charge < -0.3 is 15.2 Å². The Morgan fingerprint density at radius 3 is 2.84 bits per heavy atom. The summed E-state index contributed by atoms with van der Waals surface area (Å²) in [4.78, 5) is 32.4. The van der Waals surface area contributed by atoms with Crippen LogP contribution in [0, 0.1) is 0 Å². The Labute approximate surface area is 153 Å². The first kappa shape index (κ1) is 17.3. The molecule has 1 amide bonds. The van der Waals surface area contributed by atoms with Crippen molar-refractivity contribution in [2.45, 2.75) is 6.54 Å². The monoisotopic (exact) mass is 401 g/mol. The van der Waals surface area contributed by atoms with Crippen molar-refractivity contribution in [3.05, 3.63) is 69.2 Å². The maximum atomic E-state index is 12.2. The summed E-state index contributed by atoms with van der Waals surface area (Å²) in [5, 5.41) is 3.42. The Hall–Kier alpha value is -2.51. The average molecular weight is 402 g/mol. The lowest BCUT2D eigenvalue weighted by molar-refractivity contribution is -0.885. The van der Waals surface area contributed by atoms with Crippen molar-refractivity contribution in [1.82, 2.24) is 9.97 Å². The number of aromatic amines is 1. The SMILES string of the molecule is C[NH+](CC(=O)Nc1cccc(Br)c1)Cc1nc2ccccc2c(=O)[nH]1. The van der Waals surface area contributed by atoms with Gasteiger partial charge in [0.2, 0.25) is 0 Å². The van der Waals surface area contributed by atoms with Gasteiger partial charge in [0.15, 0.2) is 12.4 Å². The highest BCUT2D eigenvalue weighted by Crippen LogP contribution is 2.15. The van der Waals surface area contributed by atoms with E-state index in [1.54, 1.807) is 6.07 Å². The second kappa shape index (κ2) is 7.58. The van der Waals surface area contributed by atoms with Crippen LogP contribution in [0.5, 0.6) is 0 Å². The van der Waals surface area contributed by atoms with E-state index < -0.39 is 0 Å². The number of fused-ring (bicyclic) bond motifs is 1. The van der Waals surface area contributed by atoms with Crippen molar-refractivity contribution in [3.8, 4) is 0 Å². The van der Waals surface area contributed by atoms with Crippen molar-refractivity contribution in [2.24, 2.45) is 0 Å². The maximum Gasteiger partial charge on any atom is 0.279 e. The molecule has 0 aliphatic heterocycles. The van der Waals surface area contributed by atoms with Gasteiger partial charge in [-0.25, -0.2) is 4.98 Å². The summed E-state index contributed by atoms with van der Waals surface area (Å²) in [6, 6.07) is 14.6. The van der Waals surface area contributed by atoms with Crippen LogP contribution < -0.4 is 15.8 Å². The molecule has 3 N–H and O–H groups in total. The lowest BCUT2D eigenvalue weighted by Gasteiger charge is -2.13. The van der Waals surface area contributed by atoms with Crippen molar-refractivity contribution in [2.75, 3.05) is 18.9 Å². The van der Waals surface area contributed by atoms with Gasteiger partial charge in [-0.3, -0.25) is 9.59 Å². The quantitative estimate of drug-likeness (QED) is 0.603. The Bertz CT molecular complexity index is 970. The third-order valence-corrected chi connectivity index (χ3v) is 4.20. The highest BCUT2D eigenvalue weighted by atomic mass is 79.9. The molecule has 25 heavy (non-hydrogen) atoms. The molecule has 0 aliphatic carbocycles. The number of anilines is 1. The number of quaternary nitrogens is 1. The van der Waals surface area contributed by atoms with Crippen LogP contribution in [-0.4, -0.2) is 29.5 Å². The standard InChI is InChI=1S/C18H17BrN4O2/c1-23(11-17(24)20-13-6-4-5-12(19)9-13)10-16-21-15-8-3-2-7-14(15)18(25)22-16/h2-9H,10-11H2,1H3,(H,20,24)(H,21,22,25)/p+1. The van der Waals surface area contributed by atoms with E-state index in [0.717, 1.165) is 15.1 Å². The van der Waals surface area contributed by atoms with Crippen LogP contribution >= 0.6 is 15.9 Å². The van der Waals surface area contributed by atoms with E-state index in [-0.39, 0.29) is 18.0 Å². The fraction of sp³-hybridized carbons (Fsp3) is 0.167. The van der Waals surface area contributed by atoms with E-state index in [4.69, 9.17) is 0 Å². The molecule has 128 valence electrons. The van der Waals surface area contributed by atoms with Gasteiger partial charge in [-0.1, -0.05) is 34.1 Å².